The lowest BCUT2D eigenvalue weighted by atomic mass is 10.1. The molecule has 1 N–H and O–H groups in total. The largest absolute Gasteiger partial charge is 0.497 e. The molecule has 0 heterocycles. The highest BCUT2D eigenvalue weighted by Crippen LogP contribution is 2.34. The highest BCUT2D eigenvalue weighted by atomic mass is 19.4. The van der Waals surface area contributed by atoms with Crippen molar-refractivity contribution in [3.8, 4) is 11.5 Å². The number of hydrogen-bond acceptors (Lipinski definition) is 4. The van der Waals surface area contributed by atoms with Gasteiger partial charge < -0.3 is 9.47 Å². The van der Waals surface area contributed by atoms with Crippen molar-refractivity contribution in [1.82, 2.24) is 0 Å². The van der Waals surface area contributed by atoms with Gasteiger partial charge in [0, 0.05) is 5.56 Å². The van der Waals surface area contributed by atoms with Crippen molar-refractivity contribution in [2.75, 3.05) is 19.6 Å². The standard InChI is InChI=1S/C17H17F3N2O2/c1-11(13-10-12(23-2)8-9-16(13)24-3)21-22-15-7-5-4-6-14(15)17(18,19)20/h4-10,22H,1-3H3/b21-11+. The number of benzene rings is 2. The predicted molar refractivity (Wildman–Crippen MR) is 86.8 cm³/mol. The Hall–Kier alpha value is -2.70. The maximum Gasteiger partial charge on any atom is 0.418 e. The fourth-order valence-corrected chi connectivity index (χ4v) is 2.13. The average Bonchev–Trinajstić information content (AvgIpc) is 2.58. The summed E-state index contributed by atoms with van der Waals surface area (Å²) < 4.78 is 49.4. The van der Waals surface area contributed by atoms with Crippen LogP contribution in [0.15, 0.2) is 47.6 Å². The molecule has 0 aliphatic heterocycles. The Morgan fingerprint density at radius 2 is 1.75 bits per heavy atom. The van der Waals surface area contributed by atoms with Gasteiger partial charge in [0.05, 0.1) is 31.2 Å². The molecule has 0 atom stereocenters. The fraction of sp³-hybridized carbons (Fsp3) is 0.235. The van der Waals surface area contributed by atoms with E-state index in [1.54, 1.807) is 25.1 Å². The summed E-state index contributed by atoms with van der Waals surface area (Å²) in [4.78, 5) is 0. The summed E-state index contributed by atoms with van der Waals surface area (Å²) >= 11 is 0. The molecule has 0 fully saturated rings. The van der Waals surface area contributed by atoms with Gasteiger partial charge in [-0.1, -0.05) is 12.1 Å². The minimum Gasteiger partial charge on any atom is -0.497 e. The summed E-state index contributed by atoms with van der Waals surface area (Å²) in [7, 11) is 3.03. The van der Waals surface area contributed by atoms with E-state index in [0.29, 0.717) is 22.8 Å². The zero-order valence-corrected chi connectivity index (χ0v) is 13.4. The average molecular weight is 338 g/mol. The maximum absolute atomic E-state index is 13.0. The second-order valence-electron chi connectivity index (χ2n) is 4.92. The Morgan fingerprint density at radius 3 is 2.38 bits per heavy atom. The lowest BCUT2D eigenvalue weighted by molar-refractivity contribution is -0.136. The third-order valence-corrected chi connectivity index (χ3v) is 3.37. The molecule has 128 valence electrons. The molecule has 24 heavy (non-hydrogen) atoms. The van der Waals surface area contributed by atoms with E-state index in [9.17, 15) is 13.2 Å². The van der Waals surface area contributed by atoms with E-state index in [1.807, 2.05) is 0 Å². The summed E-state index contributed by atoms with van der Waals surface area (Å²) in [6.45, 7) is 1.67. The van der Waals surface area contributed by atoms with E-state index >= 15 is 0 Å². The van der Waals surface area contributed by atoms with Crippen molar-refractivity contribution >= 4 is 11.4 Å². The number of methoxy groups -OCH3 is 2. The highest BCUT2D eigenvalue weighted by molar-refractivity contribution is 6.01. The van der Waals surface area contributed by atoms with Gasteiger partial charge in [0.15, 0.2) is 0 Å². The Bertz CT molecular complexity index is 743. The number of hydrazone groups is 1. The van der Waals surface area contributed by atoms with Gasteiger partial charge in [0.1, 0.15) is 11.5 Å². The Balaban J connectivity index is 2.34. The lowest BCUT2D eigenvalue weighted by Gasteiger charge is -2.13. The molecule has 7 heteroatoms. The second kappa shape index (κ2) is 7.25. The third kappa shape index (κ3) is 3.98. The summed E-state index contributed by atoms with van der Waals surface area (Å²) in [5.41, 5.74) is 2.66. The summed E-state index contributed by atoms with van der Waals surface area (Å²) in [6.07, 6.45) is -4.46. The first-order valence-corrected chi connectivity index (χ1v) is 7.05. The molecule has 0 saturated heterocycles. The van der Waals surface area contributed by atoms with Crippen LogP contribution in [0.4, 0.5) is 18.9 Å². The molecule has 2 aromatic carbocycles. The number of anilines is 1. The van der Waals surface area contributed by atoms with Crippen molar-refractivity contribution in [2.24, 2.45) is 5.10 Å². The topological polar surface area (TPSA) is 42.9 Å². The van der Waals surface area contributed by atoms with Crippen LogP contribution in [-0.4, -0.2) is 19.9 Å². The molecule has 0 amide bonds. The molecule has 0 bridgehead atoms. The van der Waals surface area contributed by atoms with Crippen molar-refractivity contribution in [2.45, 2.75) is 13.1 Å². The number of hydrogen-bond donors (Lipinski definition) is 1. The predicted octanol–water partition coefficient (Wildman–Crippen LogP) is 4.56. The van der Waals surface area contributed by atoms with E-state index in [-0.39, 0.29) is 5.69 Å². The number of rotatable bonds is 5. The number of ether oxygens (including phenoxy) is 2. The normalized spacial score (nSPS) is 12.0. The van der Waals surface area contributed by atoms with E-state index in [1.165, 1.54) is 32.4 Å². The first kappa shape index (κ1) is 17.7. The minimum atomic E-state index is -4.46. The van der Waals surface area contributed by atoms with Crippen LogP contribution in [0.2, 0.25) is 0 Å². The van der Waals surface area contributed by atoms with Gasteiger partial charge in [-0.2, -0.15) is 18.3 Å². The van der Waals surface area contributed by atoms with Gasteiger partial charge >= 0.3 is 6.18 Å². The van der Waals surface area contributed by atoms with Gasteiger partial charge in [-0.05, 0) is 37.3 Å². The second-order valence-corrected chi connectivity index (χ2v) is 4.92. The summed E-state index contributed by atoms with van der Waals surface area (Å²) in [5, 5.41) is 4.05. The monoisotopic (exact) mass is 338 g/mol. The summed E-state index contributed by atoms with van der Waals surface area (Å²) in [5.74, 6) is 1.14. The molecule has 2 rings (SSSR count). The first-order chi connectivity index (χ1) is 11.4. The van der Waals surface area contributed by atoms with Crippen LogP contribution in [0.25, 0.3) is 0 Å². The van der Waals surface area contributed by atoms with Crippen LogP contribution in [0, 0.1) is 0 Å². The van der Waals surface area contributed by atoms with Crippen LogP contribution in [0.1, 0.15) is 18.1 Å². The van der Waals surface area contributed by atoms with Gasteiger partial charge in [0.2, 0.25) is 0 Å². The molecular weight excluding hydrogens is 321 g/mol. The lowest BCUT2D eigenvalue weighted by Crippen LogP contribution is -2.09. The molecule has 0 spiro atoms. The Kier molecular flexibility index (Phi) is 5.33. The van der Waals surface area contributed by atoms with E-state index in [4.69, 9.17) is 9.47 Å². The number of alkyl halides is 3. The van der Waals surface area contributed by atoms with E-state index in [0.717, 1.165) is 6.07 Å². The maximum atomic E-state index is 13.0. The number of nitrogens with one attached hydrogen (secondary N) is 1. The van der Waals surface area contributed by atoms with Gasteiger partial charge in [0.25, 0.3) is 0 Å². The molecule has 0 aliphatic rings. The van der Waals surface area contributed by atoms with Crippen LogP contribution >= 0.6 is 0 Å². The molecule has 4 nitrogen and oxygen atoms in total. The van der Waals surface area contributed by atoms with Crippen molar-refractivity contribution in [3.63, 3.8) is 0 Å². The van der Waals surface area contributed by atoms with Crippen LogP contribution in [0.5, 0.6) is 11.5 Å². The van der Waals surface area contributed by atoms with Gasteiger partial charge in [-0.3, -0.25) is 5.43 Å². The van der Waals surface area contributed by atoms with Crippen molar-refractivity contribution in [3.05, 3.63) is 53.6 Å². The molecule has 0 unspecified atom stereocenters. The molecule has 0 aliphatic carbocycles. The molecule has 0 saturated carbocycles. The van der Waals surface area contributed by atoms with Crippen LogP contribution in [0.3, 0.4) is 0 Å². The number of halogens is 3. The fourth-order valence-electron chi connectivity index (χ4n) is 2.13. The van der Waals surface area contributed by atoms with Gasteiger partial charge in [-0.15, -0.1) is 0 Å². The SMILES string of the molecule is COc1ccc(OC)c(/C(C)=N/Nc2ccccc2C(F)(F)F)c1. The van der Waals surface area contributed by atoms with Gasteiger partial charge in [-0.25, -0.2) is 0 Å². The third-order valence-electron chi connectivity index (χ3n) is 3.37. The number of nitrogens with zero attached hydrogens (tertiary/aromatic N) is 1. The minimum absolute atomic E-state index is 0.119. The smallest absolute Gasteiger partial charge is 0.418 e. The van der Waals surface area contributed by atoms with Crippen LogP contribution < -0.4 is 14.9 Å². The van der Waals surface area contributed by atoms with Crippen molar-refractivity contribution in [1.29, 1.82) is 0 Å². The van der Waals surface area contributed by atoms with Crippen molar-refractivity contribution < 1.29 is 22.6 Å². The molecule has 0 radical (unpaired) electrons. The molecular formula is C17H17F3N2O2. The number of para-hydroxylation sites is 1. The van der Waals surface area contributed by atoms with E-state index in [2.05, 4.69) is 10.5 Å². The van der Waals surface area contributed by atoms with E-state index < -0.39 is 11.7 Å². The Labute approximate surface area is 137 Å². The zero-order chi connectivity index (χ0) is 17.7. The highest BCUT2D eigenvalue weighted by Gasteiger charge is 2.33. The van der Waals surface area contributed by atoms with Crippen LogP contribution in [-0.2, 0) is 6.18 Å². The zero-order valence-electron chi connectivity index (χ0n) is 13.4. The Morgan fingerprint density at radius 1 is 1.04 bits per heavy atom. The quantitative estimate of drug-likeness (QED) is 0.642. The molecule has 2 aromatic rings. The first-order valence-electron chi connectivity index (χ1n) is 7.05. The summed E-state index contributed by atoms with van der Waals surface area (Å²) in [6, 6.07) is 10.3. The molecule has 0 aromatic heterocycles.